The summed E-state index contributed by atoms with van der Waals surface area (Å²) >= 11 is 0. The molecule has 0 aromatic carbocycles. The molecule has 0 atom stereocenters. The minimum atomic E-state index is 0.928. The van der Waals surface area contributed by atoms with E-state index in [1.165, 1.54) is 89.9 Å². The summed E-state index contributed by atoms with van der Waals surface area (Å²) < 4.78 is 0. The van der Waals surface area contributed by atoms with E-state index in [0.29, 0.717) is 0 Å². The molecule has 1 aromatic rings. The van der Waals surface area contributed by atoms with Crippen molar-refractivity contribution in [2.75, 3.05) is 6.54 Å². The van der Waals surface area contributed by atoms with Gasteiger partial charge in [-0.25, -0.2) is 0 Å². The van der Waals surface area contributed by atoms with Gasteiger partial charge in [0.25, 0.3) is 0 Å². The summed E-state index contributed by atoms with van der Waals surface area (Å²) in [5.41, 5.74) is 0.956. The van der Waals surface area contributed by atoms with Crippen molar-refractivity contribution >= 4 is 6.21 Å². The second kappa shape index (κ2) is 18.4. The lowest BCUT2D eigenvalue weighted by Gasteiger charge is -2.00. The number of nitrogens with zero attached hydrogens (tertiary/aromatic N) is 2. The minimum Gasteiger partial charge on any atom is -0.291 e. The van der Waals surface area contributed by atoms with E-state index in [1.54, 1.807) is 0 Å². The topological polar surface area (TPSA) is 25.2 Å². The third kappa shape index (κ3) is 14.9. The summed E-state index contributed by atoms with van der Waals surface area (Å²) in [6.45, 7) is 3.21. The normalized spacial score (nSPS) is 11.7. The maximum atomic E-state index is 4.45. The van der Waals surface area contributed by atoms with Crippen LogP contribution in [-0.2, 0) is 0 Å². The Bertz CT molecular complexity index is 451. The molecule has 1 rings (SSSR count). The predicted molar refractivity (Wildman–Crippen MR) is 116 cm³/mol. The Balaban J connectivity index is 1.78. The van der Waals surface area contributed by atoms with Gasteiger partial charge < -0.3 is 0 Å². The molecule has 1 heterocycles. The fourth-order valence-corrected chi connectivity index (χ4v) is 3.06. The van der Waals surface area contributed by atoms with Gasteiger partial charge in [-0.05, 0) is 44.2 Å². The molecule has 0 saturated carbocycles. The van der Waals surface area contributed by atoms with E-state index < -0.39 is 0 Å². The number of aliphatic imine (C=N–C) groups is 1. The van der Waals surface area contributed by atoms with E-state index in [4.69, 9.17) is 0 Å². The number of unbranched alkanes of at least 4 members (excludes halogenated alkanes) is 12. The summed E-state index contributed by atoms with van der Waals surface area (Å²) in [6, 6.07) is 5.92. The zero-order valence-corrected chi connectivity index (χ0v) is 17.0. The molecule has 0 bridgehead atoms. The van der Waals surface area contributed by atoms with E-state index in [1.807, 2.05) is 30.6 Å². The van der Waals surface area contributed by atoms with E-state index in [2.05, 4.69) is 29.1 Å². The van der Waals surface area contributed by atoms with Gasteiger partial charge in [-0.15, -0.1) is 0 Å². The first-order chi connectivity index (χ1) is 12.9. The van der Waals surface area contributed by atoms with Crippen LogP contribution in [0.25, 0.3) is 0 Å². The maximum Gasteiger partial charge on any atom is 0.0807 e. The van der Waals surface area contributed by atoms with Gasteiger partial charge >= 0.3 is 0 Å². The van der Waals surface area contributed by atoms with Gasteiger partial charge in [-0.3, -0.25) is 9.98 Å². The van der Waals surface area contributed by atoms with Crippen molar-refractivity contribution in [3.63, 3.8) is 0 Å². The van der Waals surface area contributed by atoms with Crippen LogP contribution in [0, 0.1) is 0 Å². The summed E-state index contributed by atoms with van der Waals surface area (Å²) in [6.07, 6.45) is 27.4. The van der Waals surface area contributed by atoms with Crippen molar-refractivity contribution in [2.45, 2.75) is 96.8 Å². The zero-order chi connectivity index (χ0) is 18.5. The first-order valence-corrected chi connectivity index (χ1v) is 11.0. The molecule has 0 spiro atoms. The Morgan fingerprint density at radius 3 is 2.00 bits per heavy atom. The van der Waals surface area contributed by atoms with Crippen LogP contribution in [-0.4, -0.2) is 17.7 Å². The Labute approximate surface area is 162 Å². The molecule has 0 N–H and O–H groups in total. The molecule has 2 heteroatoms. The van der Waals surface area contributed by atoms with Crippen molar-refractivity contribution < 1.29 is 0 Å². The lowest BCUT2D eigenvalue weighted by Crippen LogP contribution is -1.88. The van der Waals surface area contributed by atoms with Crippen LogP contribution in [0.4, 0.5) is 0 Å². The van der Waals surface area contributed by atoms with Gasteiger partial charge in [0.05, 0.1) is 5.69 Å². The molecular formula is C24H40N2. The lowest BCUT2D eigenvalue weighted by molar-refractivity contribution is 0.599. The summed E-state index contributed by atoms with van der Waals surface area (Å²) in [5, 5.41) is 0. The van der Waals surface area contributed by atoms with Gasteiger partial charge in [0.2, 0.25) is 0 Å². The van der Waals surface area contributed by atoms with Crippen LogP contribution in [0.2, 0.25) is 0 Å². The predicted octanol–water partition coefficient (Wildman–Crippen LogP) is 7.54. The number of rotatable bonds is 17. The number of pyridine rings is 1. The first kappa shape index (κ1) is 22.6. The van der Waals surface area contributed by atoms with Gasteiger partial charge in [0.1, 0.15) is 0 Å². The fraction of sp³-hybridized carbons (Fsp3) is 0.667. The smallest absolute Gasteiger partial charge is 0.0807 e. The Kier molecular flexibility index (Phi) is 16.0. The van der Waals surface area contributed by atoms with Crippen molar-refractivity contribution in [2.24, 2.45) is 4.99 Å². The van der Waals surface area contributed by atoms with Crippen LogP contribution >= 0.6 is 0 Å². The summed E-state index contributed by atoms with van der Waals surface area (Å²) in [5.74, 6) is 0. The van der Waals surface area contributed by atoms with Gasteiger partial charge in [-0.1, -0.05) is 82.9 Å². The standard InChI is InChI=1S/C24H40N2/c1-2-3-4-5-6-7-8-9-10-11-12-13-14-15-16-18-21-25-23-24-20-17-19-22-26-24/h9-10,17,19-20,22-23H,2-8,11-16,18,21H2,1H3/b10-9+,25-23?. The van der Waals surface area contributed by atoms with Crippen LogP contribution in [0.15, 0.2) is 41.5 Å². The Morgan fingerprint density at radius 2 is 1.38 bits per heavy atom. The van der Waals surface area contributed by atoms with Crippen molar-refractivity contribution in [1.82, 2.24) is 4.98 Å². The molecule has 0 radical (unpaired) electrons. The lowest BCUT2D eigenvalue weighted by atomic mass is 10.1. The summed E-state index contributed by atoms with van der Waals surface area (Å²) in [4.78, 5) is 8.69. The quantitative estimate of drug-likeness (QED) is 0.161. The molecule has 0 amide bonds. The number of hydrogen-bond donors (Lipinski definition) is 0. The number of hydrogen-bond acceptors (Lipinski definition) is 2. The molecule has 0 aliphatic rings. The second-order valence-corrected chi connectivity index (χ2v) is 7.23. The van der Waals surface area contributed by atoms with Gasteiger partial charge in [0.15, 0.2) is 0 Å². The first-order valence-electron chi connectivity index (χ1n) is 11.0. The maximum absolute atomic E-state index is 4.45. The molecule has 0 saturated heterocycles. The fourth-order valence-electron chi connectivity index (χ4n) is 3.06. The van der Waals surface area contributed by atoms with Gasteiger partial charge in [0, 0.05) is 19.0 Å². The van der Waals surface area contributed by atoms with Crippen molar-refractivity contribution in [3.8, 4) is 0 Å². The Hall–Kier alpha value is -1.44. The molecule has 1 aromatic heterocycles. The molecule has 0 fully saturated rings. The van der Waals surface area contributed by atoms with Crippen LogP contribution in [0.1, 0.15) is 103 Å². The highest BCUT2D eigenvalue weighted by Gasteiger charge is 1.91. The molecule has 146 valence electrons. The average molecular weight is 357 g/mol. The molecule has 0 aliphatic heterocycles. The van der Waals surface area contributed by atoms with Crippen LogP contribution in [0.3, 0.4) is 0 Å². The van der Waals surface area contributed by atoms with E-state index in [9.17, 15) is 0 Å². The molecular weight excluding hydrogens is 316 g/mol. The van der Waals surface area contributed by atoms with Crippen molar-refractivity contribution in [3.05, 3.63) is 42.2 Å². The van der Waals surface area contributed by atoms with E-state index in [-0.39, 0.29) is 0 Å². The van der Waals surface area contributed by atoms with Crippen LogP contribution in [0.5, 0.6) is 0 Å². The van der Waals surface area contributed by atoms with Crippen molar-refractivity contribution in [1.29, 1.82) is 0 Å². The largest absolute Gasteiger partial charge is 0.291 e. The third-order valence-corrected chi connectivity index (χ3v) is 4.71. The Morgan fingerprint density at radius 1 is 0.769 bits per heavy atom. The SMILES string of the molecule is CCCCCCCC/C=C/CCCCCCCCN=Cc1ccccn1. The van der Waals surface area contributed by atoms with Gasteiger partial charge in [-0.2, -0.15) is 0 Å². The van der Waals surface area contributed by atoms with E-state index >= 15 is 0 Å². The molecule has 0 aliphatic carbocycles. The molecule has 0 unspecified atom stereocenters. The highest BCUT2D eigenvalue weighted by Crippen LogP contribution is 2.10. The minimum absolute atomic E-state index is 0.928. The molecule has 2 nitrogen and oxygen atoms in total. The van der Waals surface area contributed by atoms with Crippen LogP contribution < -0.4 is 0 Å². The van der Waals surface area contributed by atoms with E-state index in [0.717, 1.165) is 12.2 Å². The zero-order valence-electron chi connectivity index (χ0n) is 17.0. The average Bonchev–Trinajstić information content (AvgIpc) is 2.68. The molecule has 26 heavy (non-hydrogen) atoms. The third-order valence-electron chi connectivity index (χ3n) is 4.71. The second-order valence-electron chi connectivity index (χ2n) is 7.23. The highest BCUT2D eigenvalue weighted by atomic mass is 14.7. The monoisotopic (exact) mass is 356 g/mol. The number of allylic oxidation sites excluding steroid dienone is 2. The number of aromatic nitrogens is 1. The summed E-state index contributed by atoms with van der Waals surface area (Å²) in [7, 11) is 0. The highest BCUT2D eigenvalue weighted by molar-refractivity contribution is 5.76.